The van der Waals surface area contributed by atoms with Gasteiger partial charge >= 0.3 is 0 Å². The van der Waals surface area contributed by atoms with E-state index in [0.29, 0.717) is 19.4 Å². The van der Waals surface area contributed by atoms with Crippen LogP contribution in [0.2, 0.25) is 0 Å². The van der Waals surface area contributed by atoms with Crippen molar-refractivity contribution in [1.82, 2.24) is 10.2 Å². The van der Waals surface area contributed by atoms with Crippen LogP contribution in [0.25, 0.3) is 6.08 Å². The lowest BCUT2D eigenvalue weighted by Gasteiger charge is -2.21. The Morgan fingerprint density at radius 3 is 2.56 bits per heavy atom. The van der Waals surface area contributed by atoms with Gasteiger partial charge in [-0.2, -0.15) is 0 Å². The molecule has 1 aromatic rings. The Labute approximate surface area is 147 Å². The maximum atomic E-state index is 12.4. The molecule has 0 radical (unpaired) electrons. The van der Waals surface area contributed by atoms with Gasteiger partial charge in [-0.15, -0.1) is 0 Å². The first kappa shape index (κ1) is 17.2. The summed E-state index contributed by atoms with van der Waals surface area (Å²) in [5, 5.41) is 2.61. The molecule has 0 spiro atoms. The molecule has 1 N–H and O–H groups in total. The highest BCUT2D eigenvalue weighted by atomic mass is 16.2. The molecular weight excluding hydrogens is 318 g/mol. The minimum atomic E-state index is -0.370. The number of likely N-dealkylation sites (tertiary alicyclic amines) is 1. The Morgan fingerprint density at radius 1 is 1.16 bits per heavy atom. The molecular formula is C19H23N3O3. The van der Waals surface area contributed by atoms with Gasteiger partial charge in [-0.1, -0.05) is 12.1 Å². The summed E-state index contributed by atoms with van der Waals surface area (Å²) in [5.74, 6) is -0.100. The molecule has 0 aromatic heterocycles. The van der Waals surface area contributed by atoms with Crippen LogP contribution in [0.4, 0.5) is 5.69 Å². The van der Waals surface area contributed by atoms with Gasteiger partial charge in [0.1, 0.15) is 6.04 Å². The van der Waals surface area contributed by atoms with Crippen molar-refractivity contribution in [3.63, 3.8) is 0 Å². The molecule has 2 heterocycles. The molecule has 1 atom stereocenters. The summed E-state index contributed by atoms with van der Waals surface area (Å²) < 4.78 is 0. The van der Waals surface area contributed by atoms with Crippen LogP contribution in [0, 0.1) is 0 Å². The summed E-state index contributed by atoms with van der Waals surface area (Å²) in [6.07, 6.45) is 6.32. The first-order chi connectivity index (χ1) is 12.1. The Kier molecular flexibility index (Phi) is 5.16. The lowest BCUT2D eigenvalue weighted by molar-refractivity contribution is -0.134. The molecule has 2 saturated heterocycles. The number of anilines is 1. The number of carbonyl (C=O) groups excluding carboxylic acids is 3. The molecule has 0 unspecified atom stereocenters. The van der Waals surface area contributed by atoms with E-state index >= 15 is 0 Å². The molecule has 3 rings (SSSR count). The summed E-state index contributed by atoms with van der Waals surface area (Å²) >= 11 is 0. The fourth-order valence-electron chi connectivity index (χ4n) is 3.42. The SMILES string of the molecule is CNC(=O)[C@@H]1CCCN1C(=O)/C=C/c1ccc(N2CCCC2=O)cc1. The quantitative estimate of drug-likeness (QED) is 0.845. The normalized spacial score (nSPS) is 20.5. The third-order valence-corrected chi connectivity index (χ3v) is 4.78. The Morgan fingerprint density at radius 2 is 1.92 bits per heavy atom. The number of carbonyl (C=O) groups is 3. The van der Waals surface area contributed by atoms with Crippen molar-refractivity contribution < 1.29 is 14.4 Å². The smallest absolute Gasteiger partial charge is 0.247 e. The minimum absolute atomic E-state index is 0.112. The molecule has 0 aliphatic carbocycles. The molecule has 2 aliphatic heterocycles. The van der Waals surface area contributed by atoms with E-state index in [1.807, 2.05) is 24.3 Å². The Bertz CT molecular complexity index is 696. The zero-order chi connectivity index (χ0) is 17.8. The van der Waals surface area contributed by atoms with Gasteiger partial charge < -0.3 is 15.1 Å². The van der Waals surface area contributed by atoms with Crippen molar-refractivity contribution >= 4 is 29.5 Å². The molecule has 2 aliphatic rings. The second-order valence-electron chi connectivity index (χ2n) is 6.38. The first-order valence-corrected chi connectivity index (χ1v) is 8.71. The second kappa shape index (κ2) is 7.51. The Balaban J connectivity index is 1.64. The van der Waals surface area contributed by atoms with Gasteiger partial charge in [0.15, 0.2) is 0 Å². The van der Waals surface area contributed by atoms with Crippen LogP contribution in [0.5, 0.6) is 0 Å². The fourth-order valence-corrected chi connectivity index (χ4v) is 3.42. The number of amides is 3. The third-order valence-electron chi connectivity index (χ3n) is 4.78. The van der Waals surface area contributed by atoms with E-state index in [4.69, 9.17) is 0 Å². The lowest BCUT2D eigenvalue weighted by atomic mass is 10.1. The highest BCUT2D eigenvalue weighted by Gasteiger charge is 2.32. The van der Waals surface area contributed by atoms with Gasteiger partial charge in [0.25, 0.3) is 0 Å². The van der Waals surface area contributed by atoms with Gasteiger partial charge in [0.05, 0.1) is 0 Å². The summed E-state index contributed by atoms with van der Waals surface area (Å²) in [7, 11) is 1.59. The molecule has 3 amide bonds. The number of nitrogens with zero attached hydrogens (tertiary/aromatic N) is 2. The van der Waals surface area contributed by atoms with E-state index in [0.717, 1.165) is 30.6 Å². The highest BCUT2D eigenvalue weighted by Crippen LogP contribution is 2.22. The van der Waals surface area contributed by atoms with Crippen LogP contribution in [-0.4, -0.2) is 48.8 Å². The molecule has 6 heteroatoms. The minimum Gasteiger partial charge on any atom is -0.357 e. The number of benzene rings is 1. The summed E-state index contributed by atoms with van der Waals surface area (Å²) in [6, 6.07) is 7.22. The maximum absolute atomic E-state index is 12.4. The molecule has 2 fully saturated rings. The molecule has 25 heavy (non-hydrogen) atoms. The zero-order valence-corrected chi connectivity index (χ0v) is 14.4. The average Bonchev–Trinajstić information content (AvgIpc) is 3.28. The lowest BCUT2D eigenvalue weighted by Crippen LogP contribution is -2.44. The molecule has 132 valence electrons. The van der Waals surface area contributed by atoms with Crippen LogP contribution in [-0.2, 0) is 14.4 Å². The van der Waals surface area contributed by atoms with E-state index in [-0.39, 0.29) is 23.8 Å². The van der Waals surface area contributed by atoms with E-state index in [1.165, 1.54) is 6.08 Å². The summed E-state index contributed by atoms with van der Waals surface area (Å²) in [4.78, 5) is 39.4. The van der Waals surface area contributed by atoms with Crippen molar-refractivity contribution in [3.8, 4) is 0 Å². The summed E-state index contributed by atoms with van der Waals surface area (Å²) in [5.41, 5.74) is 1.78. The van der Waals surface area contributed by atoms with E-state index in [1.54, 1.807) is 22.9 Å². The molecule has 0 saturated carbocycles. The van der Waals surface area contributed by atoms with Gasteiger partial charge in [0.2, 0.25) is 17.7 Å². The van der Waals surface area contributed by atoms with E-state index in [2.05, 4.69) is 5.32 Å². The number of likely N-dealkylation sites (N-methyl/N-ethyl adjacent to an activating group) is 1. The van der Waals surface area contributed by atoms with E-state index < -0.39 is 0 Å². The van der Waals surface area contributed by atoms with Gasteiger partial charge in [0, 0.05) is 38.3 Å². The van der Waals surface area contributed by atoms with Crippen molar-refractivity contribution in [2.75, 3.05) is 25.0 Å². The second-order valence-corrected chi connectivity index (χ2v) is 6.38. The van der Waals surface area contributed by atoms with Crippen molar-refractivity contribution in [3.05, 3.63) is 35.9 Å². The molecule has 0 bridgehead atoms. The van der Waals surface area contributed by atoms with E-state index in [9.17, 15) is 14.4 Å². The zero-order valence-electron chi connectivity index (χ0n) is 14.4. The van der Waals surface area contributed by atoms with Crippen molar-refractivity contribution in [2.45, 2.75) is 31.7 Å². The monoisotopic (exact) mass is 341 g/mol. The molecule has 1 aromatic carbocycles. The first-order valence-electron chi connectivity index (χ1n) is 8.71. The van der Waals surface area contributed by atoms with Crippen molar-refractivity contribution in [2.24, 2.45) is 0 Å². The third kappa shape index (κ3) is 3.73. The van der Waals surface area contributed by atoms with Gasteiger partial charge in [-0.25, -0.2) is 0 Å². The predicted octanol–water partition coefficient (Wildman–Crippen LogP) is 1.56. The fraction of sp³-hybridized carbons (Fsp3) is 0.421. The Hall–Kier alpha value is -2.63. The largest absolute Gasteiger partial charge is 0.357 e. The standard InChI is InChI=1S/C19H23N3O3/c1-20-19(25)16-4-2-13-22(16)18(24)11-8-14-6-9-15(10-7-14)21-12-3-5-17(21)23/h6-11,16H,2-5,12-13H2,1H3,(H,20,25)/b11-8+/t16-/m0/s1. The van der Waals surface area contributed by atoms with Crippen molar-refractivity contribution in [1.29, 1.82) is 0 Å². The van der Waals surface area contributed by atoms with Crippen LogP contribution >= 0.6 is 0 Å². The van der Waals surface area contributed by atoms with Crippen LogP contribution in [0.1, 0.15) is 31.2 Å². The van der Waals surface area contributed by atoms with Crippen LogP contribution < -0.4 is 10.2 Å². The predicted molar refractivity (Wildman–Crippen MR) is 95.9 cm³/mol. The maximum Gasteiger partial charge on any atom is 0.247 e. The number of hydrogen-bond donors (Lipinski definition) is 1. The number of hydrogen-bond acceptors (Lipinski definition) is 3. The number of rotatable bonds is 4. The number of nitrogens with one attached hydrogen (secondary N) is 1. The van der Waals surface area contributed by atoms with Gasteiger partial charge in [-0.3, -0.25) is 14.4 Å². The topological polar surface area (TPSA) is 69.7 Å². The van der Waals surface area contributed by atoms with Gasteiger partial charge in [-0.05, 0) is 43.0 Å². The van der Waals surface area contributed by atoms with Crippen LogP contribution in [0.3, 0.4) is 0 Å². The van der Waals surface area contributed by atoms with Crippen LogP contribution in [0.15, 0.2) is 30.3 Å². The summed E-state index contributed by atoms with van der Waals surface area (Å²) in [6.45, 7) is 1.37. The highest BCUT2D eigenvalue weighted by molar-refractivity contribution is 5.97. The molecule has 6 nitrogen and oxygen atoms in total. The average molecular weight is 341 g/mol.